The van der Waals surface area contributed by atoms with Gasteiger partial charge >= 0.3 is 0 Å². The van der Waals surface area contributed by atoms with Gasteiger partial charge in [0.1, 0.15) is 5.60 Å². The second-order valence-corrected chi connectivity index (χ2v) is 8.37. The summed E-state index contributed by atoms with van der Waals surface area (Å²) in [6, 6.07) is 10.0. The van der Waals surface area contributed by atoms with Gasteiger partial charge in [-0.2, -0.15) is 0 Å². The molecule has 1 aliphatic rings. The minimum absolute atomic E-state index is 0.495. The number of aromatic nitrogens is 2. The largest absolute Gasteiger partial charge is 0.384 e. The summed E-state index contributed by atoms with van der Waals surface area (Å²) in [5, 5.41) is 13.3. The quantitative estimate of drug-likeness (QED) is 0.744. The molecule has 0 fully saturated rings. The SMILES string of the molecule is Cc1ccc(C(C)(O)Cn2c3c(c4cc(Cl)ccc42)CCN(C)CC3)cn1. The van der Waals surface area contributed by atoms with E-state index >= 15 is 0 Å². The van der Waals surface area contributed by atoms with E-state index in [9.17, 15) is 5.11 Å². The van der Waals surface area contributed by atoms with Gasteiger partial charge in [-0.3, -0.25) is 4.98 Å². The normalized spacial score (nSPS) is 17.5. The maximum absolute atomic E-state index is 11.3. The highest BCUT2D eigenvalue weighted by atomic mass is 35.5. The predicted octanol–water partition coefficient (Wildman–Crippen LogP) is 3.94. The Morgan fingerprint density at radius 3 is 2.70 bits per heavy atom. The number of fused-ring (bicyclic) bond motifs is 3. The Morgan fingerprint density at radius 2 is 1.96 bits per heavy atom. The van der Waals surface area contributed by atoms with Crippen molar-refractivity contribution in [3.63, 3.8) is 0 Å². The number of nitrogens with zero attached hydrogens (tertiary/aromatic N) is 3. The third-order valence-corrected chi connectivity index (χ3v) is 5.96. The second kappa shape index (κ2) is 6.93. The highest BCUT2D eigenvalue weighted by Crippen LogP contribution is 2.34. The van der Waals surface area contributed by atoms with Crippen molar-refractivity contribution in [3.05, 3.63) is 64.1 Å². The van der Waals surface area contributed by atoms with Crippen LogP contribution in [-0.2, 0) is 25.0 Å². The average Bonchev–Trinajstić information content (AvgIpc) is 2.76. The number of benzene rings is 1. The summed E-state index contributed by atoms with van der Waals surface area (Å²) in [4.78, 5) is 6.73. The van der Waals surface area contributed by atoms with E-state index in [1.165, 1.54) is 16.6 Å². The molecule has 1 N–H and O–H groups in total. The van der Waals surface area contributed by atoms with Crippen molar-refractivity contribution in [1.29, 1.82) is 0 Å². The highest BCUT2D eigenvalue weighted by Gasteiger charge is 2.28. The summed E-state index contributed by atoms with van der Waals surface area (Å²) in [5.74, 6) is 0. The van der Waals surface area contributed by atoms with E-state index < -0.39 is 5.60 Å². The van der Waals surface area contributed by atoms with E-state index in [1.807, 2.05) is 32.0 Å². The fourth-order valence-corrected chi connectivity index (χ4v) is 4.26. The Morgan fingerprint density at radius 1 is 1.19 bits per heavy atom. The molecule has 0 aliphatic carbocycles. The van der Waals surface area contributed by atoms with Crippen molar-refractivity contribution in [2.75, 3.05) is 20.1 Å². The Bertz CT molecular complexity index is 975. The van der Waals surface area contributed by atoms with Gasteiger partial charge in [0.2, 0.25) is 0 Å². The molecule has 0 saturated carbocycles. The number of halogens is 1. The Hall–Kier alpha value is -1.88. The van der Waals surface area contributed by atoms with Gasteiger partial charge < -0.3 is 14.6 Å². The zero-order chi connectivity index (χ0) is 19.2. The molecule has 142 valence electrons. The van der Waals surface area contributed by atoms with Crippen molar-refractivity contribution < 1.29 is 5.11 Å². The van der Waals surface area contributed by atoms with Crippen molar-refractivity contribution in [2.24, 2.45) is 0 Å². The van der Waals surface area contributed by atoms with E-state index in [-0.39, 0.29) is 0 Å². The Kier molecular flexibility index (Phi) is 4.75. The van der Waals surface area contributed by atoms with Crippen molar-refractivity contribution in [3.8, 4) is 0 Å². The summed E-state index contributed by atoms with van der Waals surface area (Å²) in [6.45, 7) is 6.38. The van der Waals surface area contributed by atoms with Crippen LogP contribution in [0.2, 0.25) is 5.02 Å². The number of hydrogen-bond acceptors (Lipinski definition) is 3. The van der Waals surface area contributed by atoms with Crippen molar-refractivity contribution in [1.82, 2.24) is 14.5 Å². The molecule has 0 amide bonds. The zero-order valence-corrected chi connectivity index (χ0v) is 16.9. The zero-order valence-electron chi connectivity index (χ0n) is 16.2. The molecule has 1 unspecified atom stereocenters. The summed E-state index contributed by atoms with van der Waals surface area (Å²) in [5.41, 5.74) is 4.62. The Balaban J connectivity index is 1.82. The first-order valence-electron chi connectivity index (χ1n) is 9.49. The molecule has 4 rings (SSSR count). The van der Waals surface area contributed by atoms with Crippen LogP contribution >= 0.6 is 11.6 Å². The number of hydrogen-bond donors (Lipinski definition) is 1. The van der Waals surface area contributed by atoms with Gasteiger partial charge in [-0.1, -0.05) is 17.7 Å². The molecule has 2 aromatic heterocycles. The van der Waals surface area contributed by atoms with Crippen LogP contribution in [0.3, 0.4) is 0 Å². The van der Waals surface area contributed by atoms with Gasteiger partial charge in [-0.05, 0) is 57.1 Å². The second-order valence-electron chi connectivity index (χ2n) is 7.94. The fourth-order valence-electron chi connectivity index (χ4n) is 4.09. The van der Waals surface area contributed by atoms with Gasteiger partial charge in [0.05, 0.1) is 6.54 Å². The van der Waals surface area contributed by atoms with Crippen molar-refractivity contribution >= 4 is 22.5 Å². The van der Waals surface area contributed by atoms with Crippen LogP contribution < -0.4 is 0 Å². The lowest BCUT2D eigenvalue weighted by Gasteiger charge is -2.26. The van der Waals surface area contributed by atoms with E-state index in [4.69, 9.17) is 11.6 Å². The number of aryl methyl sites for hydroxylation is 1. The maximum Gasteiger partial charge on any atom is 0.106 e. The number of pyridine rings is 1. The van der Waals surface area contributed by atoms with Crippen molar-refractivity contribution in [2.45, 2.75) is 38.8 Å². The number of likely N-dealkylation sites (N-methyl/N-ethyl adjacent to an activating group) is 1. The van der Waals surface area contributed by atoms with Gasteiger partial charge in [-0.25, -0.2) is 0 Å². The molecule has 1 atom stereocenters. The molecular weight excluding hydrogens is 358 g/mol. The predicted molar refractivity (Wildman–Crippen MR) is 110 cm³/mol. The lowest BCUT2D eigenvalue weighted by molar-refractivity contribution is 0.0384. The van der Waals surface area contributed by atoms with Crippen LogP contribution in [0.5, 0.6) is 0 Å². The molecule has 0 bridgehead atoms. The Labute approximate surface area is 165 Å². The molecule has 4 nitrogen and oxygen atoms in total. The van der Waals surface area contributed by atoms with Gasteiger partial charge in [-0.15, -0.1) is 0 Å². The maximum atomic E-state index is 11.3. The molecule has 0 spiro atoms. The van der Waals surface area contributed by atoms with E-state index in [2.05, 4.69) is 33.6 Å². The minimum atomic E-state index is -1.00. The van der Waals surface area contributed by atoms with Gasteiger partial charge in [0.25, 0.3) is 0 Å². The van der Waals surface area contributed by atoms with Gasteiger partial charge in [0, 0.05) is 58.6 Å². The summed E-state index contributed by atoms with van der Waals surface area (Å²) in [6.07, 6.45) is 3.76. The van der Waals surface area contributed by atoms with E-state index in [0.29, 0.717) is 6.54 Å². The first-order chi connectivity index (χ1) is 12.8. The van der Waals surface area contributed by atoms with Crippen LogP contribution in [0.15, 0.2) is 36.5 Å². The van der Waals surface area contributed by atoms with Crippen LogP contribution in [-0.4, -0.2) is 39.7 Å². The van der Waals surface area contributed by atoms with Crippen LogP contribution in [0, 0.1) is 6.92 Å². The summed E-state index contributed by atoms with van der Waals surface area (Å²) in [7, 11) is 2.17. The fraction of sp³-hybridized carbons (Fsp3) is 0.409. The first kappa shape index (κ1) is 18.5. The topological polar surface area (TPSA) is 41.3 Å². The van der Waals surface area contributed by atoms with E-state index in [1.54, 1.807) is 6.20 Å². The third kappa shape index (κ3) is 3.49. The van der Waals surface area contributed by atoms with E-state index in [0.717, 1.165) is 47.7 Å². The molecule has 5 heteroatoms. The molecular formula is C22H26ClN3O. The highest BCUT2D eigenvalue weighted by molar-refractivity contribution is 6.31. The van der Waals surface area contributed by atoms with Crippen LogP contribution in [0.25, 0.3) is 10.9 Å². The molecule has 1 aliphatic heterocycles. The average molecular weight is 384 g/mol. The molecule has 0 saturated heterocycles. The smallest absolute Gasteiger partial charge is 0.106 e. The van der Waals surface area contributed by atoms with Crippen LogP contribution in [0.4, 0.5) is 0 Å². The first-order valence-corrected chi connectivity index (χ1v) is 9.86. The van der Waals surface area contributed by atoms with Gasteiger partial charge in [0.15, 0.2) is 0 Å². The molecule has 1 aromatic carbocycles. The summed E-state index contributed by atoms with van der Waals surface area (Å²) >= 11 is 6.31. The molecule has 3 heterocycles. The third-order valence-electron chi connectivity index (χ3n) is 5.72. The summed E-state index contributed by atoms with van der Waals surface area (Å²) < 4.78 is 2.29. The molecule has 0 radical (unpaired) electrons. The van der Waals surface area contributed by atoms with Crippen LogP contribution in [0.1, 0.15) is 29.4 Å². The lowest BCUT2D eigenvalue weighted by Crippen LogP contribution is -2.29. The molecule has 27 heavy (non-hydrogen) atoms. The number of aliphatic hydroxyl groups is 1. The monoisotopic (exact) mass is 383 g/mol. The minimum Gasteiger partial charge on any atom is -0.384 e. The molecule has 3 aromatic rings. The standard InChI is InChI=1S/C22H26ClN3O/c1-15-4-5-16(13-24-15)22(2,27)14-26-20-7-6-17(23)12-19(20)18-8-10-25(3)11-9-21(18)26/h4-7,12-13,27H,8-11,14H2,1-3H3. The lowest BCUT2D eigenvalue weighted by atomic mass is 9.97. The number of rotatable bonds is 3.